The third-order valence-electron chi connectivity index (χ3n) is 2.35. The van der Waals surface area contributed by atoms with Crippen molar-refractivity contribution >= 4 is 45.1 Å². The van der Waals surface area contributed by atoms with Crippen molar-refractivity contribution in [2.45, 2.75) is 6.54 Å². The highest BCUT2D eigenvalue weighted by atomic mass is 79.9. The van der Waals surface area contributed by atoms with Crippen LogP contribution in [0.4, 0.5) is 17.8 Å². The number of thiophene rings is 1. The normalized spacial score (nSPS) is 10.3. The van der Waals surface area contributed by atoms with Crippen LogP contribution in [0.3, 0.4) is 0 Å². The van der Waals surface area contributed by atoms with E-state index in [1.54, 1.807) is 18.4 Å². The summed E-state index contributed by atoms with van der Waals surface area (Å²) in [5.74, 6) is 1.72. The van der Waals surface area contributed by atoms with E-state index in [1.165, 1.54) is 4.88 Å². The smallest absolute Gasteiger partial charge is 0.231 e. The highest BCUT2D eigenvalue weighted by Gasteiger charge is 2.08. The van der Waals surface area contributed by atoms with Crippen molar-refractivity contribution < 1.29 is 0 Å². The van der Waals surface area contributed by atoms with E-state index in [0.29, 0.717) is 24.4 Å². The number of halogens is 1. The number of aromatic nitrogens is 3. The fourth-order valence-electron chi connectivity index (χ4n) is 1.37. The van der Waals surface area contributed by atoms with Gasteiger partial charge in [-0.05, 0) is 27.4 Å². The molecule has 0 bridgehead atoms. The number of nitrogens with zero attached hydrogens (tertiary/aromatic N) is 4. The van der Waals surface area contributed by atoms with Crippen molar-refractivity contribution in [3.05, 3.63) is 20.8 Å². The molecule has 6 nitrogen and oxygen atoms in total. The molecule has 0 unspecified atom stereocenters. The minimum Gasteiger partial charge on any atom is -0.357 e. The molecule has 102 valence electrons. The van der Waals surface area contributed by atoms with Crippen LogP contribution >= 0.6 is 27.3 Å². The first-order chi connectivity index (χ1) is 9.10. The standard InChI is InChI=1S/C11H15BrN6S/c1-13-9-15-10(17-11(16-9)18(2)3)14-6-8-7(12)4-5-19-8/h4-5H,6H2,1-3H3,(H2,13,14,15,16,17). The minimum atomic E-state index is 0.548. The van der Waals surface area contributed by atoms with Gasteiger partial charge in [-0.3, -0.25) is 0 Å². The molecule has 0 spiro atoms. The zero-order valence-corrected chi connectivity index (χ0v) is 13.3. The Morgan fingerprint density at radius 1 is 1.26 bits per heavy atom. The molecule has 0 saturated carbocycles. The SMILES string of the molecule is CNc1nc(NCc2sccc2Br)nc(N(C)C)n1. The summed E-state index contributed by atoms with van der Waals surface area (Å²) in [6.45, 7) is 0.679. The monoisotopic (exact) mass is 342 g/mol. The Kier molecular flexibility index (Phi) is 4.54. The molecule has 0 radical (unpaired) electrons. The van der Waals surface area contributed by atoms with Crippen LogP contribution in [0.1, 0.15) is 4.88 Å². The molecule has 0 aliphatic rings. The van der Waals surface area contributed by atoms with Crippen molar-refractivity contribution in [2.75, 3.05) is 36.7 Å². The molecule has 19 heavy (non-hydrogen) atoms. The second kappa shape index (κ2) is 6.16. The van der Waals surface area contributed by atoms with E-state index in [0.717, 1.165) is 4.47 Å². The number of anilines is 3. The molecule has 0 aromatic carbocycles. The Hall–Kier alpha value is -1.41. The lowest BCUT2D eigenvalue weighted by molar-refractivity contribution is 0.946. The molecule has 0 fully saturated rings. The van der Waals surface area contributed by atoms with Crippen LogP contribution in [-0.4, -0.2) is 36.1 Å². The predicted octanol–water partition coefficient (Wildman–Crippen LogP) is 2.42. The van der Waals surface area contributed by atoms with Gasteiger partial charge >= 0.3 is 0 Å². The molecule has 2 heterocycles. The maximum Gasteiger partial charge on any atom is 0.231 e. The molecular formula is C11H15BrN6S. The van der Waals surface area contributed by atoms with Crippen LogP contribution in [0, 0.1) is 0 Å². The van der Waals surface area contributed by atoms with Crippen molar-refractivity contribution in [3.8, 4) is 0 Å². The quantitative estimate of drug-likeness (QED) is 0.869. The second-order valence-corrected chi connectivity index (χ2v) is 5.83. The number of hydrogen-bond donors (Lipinski definition) is 2. The zero-order chi connectivity index (χ0) is 13.8. The predicted molar refractivity (Wildman–Crippen MR) is 83.0 cm³/mol. The molecule has 8 heteroatoms. The Balaban J connectivity index is 2.15. The van der Waals surface area contributed by atoms with E-state index >= 15 is 0 Å². The van der Waals surface area contributed by atoms with Crippen LogP contribution < -0.4 is 15.5 Å². The lowest BCUT2D eigenvalue weighted by Gasteiger charge is -2.13. The third-order valence-corrected chi connectivity index (χ3v) is 4.27. The second-order valence-electron chi connectivity index (χ2n) is 3.97. The molecule has 2 aromatic heterocycles. The van der Waals surface area contributed by atoms with Gasteiger partial charge in [-0.1, -0.05) is 0 Å². The fourth-order valence-corrected chi connectivity index (χ4v) is 2.80. The first-order valence-electron chi connectivity index (χ1n) is 5.67. The van der Waals surface area contributed by atoms with Crippen molar-refractivity contribution in [1.82, 2.24) is 15.0 Å². The van der Waals surface area contributed by atoms with Gasteiger partial charge in [0.1, 0.15) is 0 Å². The van der Waals surface area contributed by atoms with E-state index in [-0.39, 0.29) is 0 Å². The Labute approximate surface area is 124 Å². The molecule has 0 aliphatic heterocycles. The average molecular weight is 343 g/mol. The Morgan fingerprint density at radius 2 is 2.00 bits per heavy atom. The van der Waals surface area contributed by atoms with Crippen LogP contribution in [-0.2, 0) is 6.54 Å². The number of nitrogens with one attached hydrogen (secondary N) is 2. The number of rotatable bonds is 5. The zero-order valence-electron chi connectivity index (χ0n) is 10.9. The van der Waals surface area contributed by atoms with E-state index in [1.807, 2.05) is 30.4 Å². The van der Waals surface area contributed by atoms with E-state index in [2.05, 4.69) is 41.5 Å². The summed E-state index contributed by atoms with van der Waals surface area (Å²) in [6.07, 6.45) is 0. The Bertz CT molecular complexity index is 556. The topological polar surface area (TPSA) is 66.0 Å². The van der Waals surface area contributed by atoms with E-state index in [4.69, 9.17) is 0 Å². The molecule has 2 rings (SSSR count). The van der Waals surface area contributed by atoms with E-state index in [9.17, 15) is 0 Å². The van der Waals surface area contributed by atoms with Crippen molar-refractivity contribution in [3.63, 3.8) is 0 Å². The van der Waals surface area contributed by atoms with Crippen molar-refractivity contribution in [1.29, 1.82) is 0 Å². The average Bonchev–Trinajstić information content (AvgIpc) is 2.81. The summed E-state index contributed by atoms with van der Waals surface area (Å²) >= 11 is 5.18. The van der Waals surface area contributed by atoms with Gasteiger partial charge in [0.25, 0.3) is 0 Å². The van der Waals surface area contributed by atoms with Gasteiger partial charge in [-0.25, -0.2) is 0 Å². The fraction of sp³-hybridized carbons (Fsp3) is 0.364. The van der Waals surface area contributed by atoms with Crippen LogP contribution in [0.15, 0.2) is 15.9 Å². The van der Waals surface area contributed by atoms with Gasteiger partial charge in [-0.15, -0.1) is 11.3 Å². The van der Waals surface area contributed by atoms with Crippen LogP contribution in [0.2, 0.25) is 0 Å². The van der Waals surface area contributed by atoms with E-state index < -0.39 is 0 Å². The molecule has 0 aliphatic carbocycles. The minimum absolute atomic E-state index is 0.548. The summed E-state index contributed by atoms with van der Waals surface area (Å²) in [4.78, 5) is 15.9. The van der Waals surface area contributed by atoms with Gasteiger partial charge in [0.05, 0.1) is 6.54 Å². The lowest BCUT2D eigenvalue weighted by atomic mass is 10.5. The molecule has 0 saturated heterocycles. The maximum absolute atomic E-state index is 4.35. The van der Waals surface area contributed by atoms with Gasteiger partial charge in [0.2, 0.25) is 17.8 Å². The largest absolute Gasteiger partial charge is 0.357 e. The lowest BCUT2D eigenvalue weighted by Crippen LogP contribution is -2.16. The summed E-state index contributed by atoms with van der Waals surface area (Å²) in [5, 5.41) is 8.18. The summed E-state index contributed by atoms with van der Waals surface area (Å²) in [6, 6.07) is 2.03. The molecule has 2 N–H and O–H groups in total. The first-order valence-corrected chi connectivity index (χ1v) is 7.34. The number of hydrogen-bond acceptors (Lipinski definition) is 7. The Morgan fingerprint density at radius 3 is 2.58 bits per heavy atom. The maximum atomic E-state index is 4.35. The first kappa shape index (κ1) is 14.0. The summed E-state index contributed by atoms with van der Waals surface area (Å²) in [5.41, 5.74) is 0. The van der Waals surface area contributed by atoms with Crippen molar-refractivity contribution in [2.24, 2.45) is 0 Å². The summed E-state index contributed by atoms with van der Waals surface area (Å²) in [7, 11) is 5.58. The molecule has 0 amide bonds. The molecular weight excluding hydrogens is 328 g/mol. The highest BCUT2D eigenvalue weighted by molar-refractivity contribution is 9.10. The van der Waals surface area contributed by atoms with Gasteiger partial charge in [0.15, 0.2) is 0 Å². The van der Waals surface area contributed by atoms with Gasteiger partial charge in [-0.2, -0.15) is 15.0 Å². The molecule has 0 atom stereocenters. The van der Waals surface area contributed by atoms with Crippen LogP contribution in [0.25, 0.3) is 0 Å². The van der Waals surface area contributed by atoms with Crippen LogP contribution in [0.5, 0.6) is 0 Å². The molecule has 2 aromatic rings. The summed E-state index contributed by atoms with van der Waals surface area (Å²) < 4.78 is 1.10. The van der Waals surface area contributed by atoms with Gasteiger partial charge < -0.3 is 15.5 Å². The highest BCUT2D eigenvalue weighted by Crippen LogP contribution is 2.23. The van der Waals surface area contributed by atoms with Gasteiger partial charge in [0, 0.05) is 30.5 Å². The third kappa shape index (κ3) is 3.54.